The van der Waals surface area contributed by atoms with Gasteiger partial charge in [-0.25, -0.2) is 0 Å². The van der Waals surface area contributed by atoms with Gasteiger partial charge in [-0.3, -0.25) is 0 Å². The molecule has 0 aliphatic carbocycles. The lowest BCUT2D eigenvalue weighted by atomic mass is 9.90. The lowest BCUT2D eigenvalue weighted by molar-refractivity contribution is 0.149. The molecule has 0 bridgehead atoms. The molecule has 0 saturated carbocycles. The Balaban J connectivity index is 0.00000529. The van der Waals surface area contributed by atoms with E-state index in [0.717, 1.165) is 25.2 Å². The van der Waals surface area contributed by atoms with Crippen molar-refractivity contribution in [2.45, 2.75) is 63.8 Å². The van der Waals surface area contributed by atoms with Gasteiger partial charge in [0, 0.05) is 12.1 Å². The average Bonchev–Trinajstić information content (AvgIpc) is 2.57. The maximum atomic E-state index is 9.36. The van der Waals surface area contributed by atoms with Crippen molar-refractivity contribution in [2.24, 2.45) is 5.73 Å². The predicted molar refractivity (Wildman–Crippen MR) is 102 cm³/mol. The number of hydrogen-bond donors (Lipinski definition) is 3. The van der Waals surface area contributed by atoms with Gasteiger partial charge in [-0.15, -0.1) is 12.4 Å². The van der Waals surface area contributed by atoms with Crippen LogP contribution < -0.4 is 10.5 Å². The highest BCUT2D eigenvalue weighted by Crippen LogP contribution is 2.18. The second kappa shape index (κ2) is 13.5. The van der Waals surface area contributed by atoms with E-state index in [0.29, 0.717) is 12.8 Å². The van der Waals surface area contributed by atoms with E-state index < -0.39 is 5.54 Å². The number of hydrogen-bond acceptors (Lipinski definition) is 4. The molecule has 0 radical (unpaired) electrons. The van der Waals surface area contributed by atoms with Gasteiger partial charge in [-0.05, 0) is 43.4 Å². The quantitative estimate of drug-likeness (QED) is 0.471. The van der Waals surface area contributed by atoms with Crippen LogP contribution in [0.1, 0.15) is 57.4 Å². The summed E-state index contributed by atoms with van der Waals surface area (Å²) >= 11 is 0. The smallest absolute Gasteiger partial charge is 0.119 e. The maximum absolute atomic E-state index is 9.36. The SMILES string of the molecule is CCCCCCCOc1ccc(CC[C@](N)(CO)CCO)cc1.Cl. The van der Waals surface area contributed by atoms with Crippen molar-refractivity contribution in [1.29, 1.82) is 0 Å². The molecule has 0 aliphatic heterocycles. The van der Waals surface area contributed by atoms with Crippen LogP contribution in [0.2, 0.25) is 0 Å². The lowest BCUT2D eigenvalue weighted by Crippen LogP contribution is -2.44. The molecule has 1 aromatic carbocycles. The predicted octanol–water partition coefficient (Wildman–Crippen LogP) is 3.46. The number of aliphatic hydroxyl groups excluding tert-OH is 2. The molecule has 0 amide bonds. The Morgan fingerprint density at radius 1 is 1.00 bits per heavy atom. The summed E-state index contributed by atoms with van der Waals surface area (Å²) in [5.41, 5.74) is 6.54. The first-order valence-electron chi connectivity index (χ1n) is 8.86. The zero-order chi connectivity index (χ0) is 17.0. The van der Waals surface area contributed by atoms with E-state index in [9.17, 15) is 5.11 Å². The molecule has 0 aliphatic rings. The number of rotatable bonds is 13. The first kappa shape index (κ1) is 23.2. The van der Waals surface area contributed by atoms with E-state index in [1.54, 1.807) is 0 Å². The van der Waals surface area contributed by atoms with Crippen molar-refractivity contribution >= 4 is 12.4 Å². The van der Waals surface area contributed by atoms with E-state index >= 15 is 0 Å². The molecule has 1 rings (SSSR count). The van der Waals surface area contributed by atoms with Gasteiger partial charge >= 0.3 is 0 Å². The van der Waals surface area contributed by atoms with Gasteiger partial charge < -0.3 is 20.7 Å². The van der Waals surface area contributed by atoms with E-state index in [-0.39, 0.29) is 25.6 Å². The minimum Gasteiger partial charge on any atom is -0.494 e. The summed E-state index contributed by atoms with van der Waals surface area (Å²) in [4.78, 5) is 0. The van der Waals surface area contributed by atoms with Crippen molar-refractivity contribution in [3.8, 4) is 5.75 Å². The molecule has 0 spiro atoms. The van der Waals surface area contributed by atoms with Crippen LogP contribution in [0.15, 0.2) is 24.3 Å². The summed E-state index contributed by atoms with van der Waals surface area (Å²) in [6.45, 7) is 2.89. The number of nitrogens with two attached hydrogens (primary N) is 1. The van der Waals surface area contributed by atoms with E-state index in [1.165, 1.54) is 31.2 Å². The Kier molecular flexibility index (Phi) is 13.0. The van der Waals surface area contributed by atoms with Crippen LogP contribution in [0.4, 0.5) is 0 Å². The number of benzene rings is 1. The molecule has 1 atom stereocenters. The van der Waals surface area contributed by atoms with Crippen molar-refractivity contribution in [1.82, 2.24) is 0 Å². The van der Waals surface area contributed by atoms with Gasteiger partial charge in [0.15, 0.2) is 0 Å². The molecule has 0 fully saturated rings. The van der Waals surface area contributed by atoms with Crippen LogP contribution in [0.3, 0.4) is 0 Å². The monoisotopic (exact) mass is 359 g/mol. The van der Waals surface area contributed by atoms with Crippen molar-refractivity contribution in [3.63, 3.8) is 0 Å². The summed E-state index contributed by atoms with van der Waals surface area (Å²) < 4.78 is 5.75. The van der Waals surface area contributed by atoms with Crippen LogP contribution in [0.25, 0.3) is 0 Å². The number of unbranched alkanes of at least 4 members (excludes halogenated alkanes) is 4. The molecule has 24 heavy (non-hydrogen) atoms. The molecule has 4 nitrogen and oxygen atoms in total. The Bertz CT molecular complexity index is 414. The topological polar surface area (TPSA) is 75.7 Å². The zero-order valence-electron chi connectivity index (χ0n) is 14.9. The third kappa shape index (κ3) is 9.48. The molecule has 0 unspecified atom stereocenters. The number of aliphatic hydroxyl groups is 2. The third-order valence-electron chi connectivity index (χ3n) is 4.28. The normalized spacial score (nSPS) is 13.2. The molecule has 0 heterocycles. The molecule has 140 valence electrons. The second-order valence-electron chi connectivity index (χ2n) is 6.40. The van der Waals surface area contributed by atoms with Gasteiger partial charge in [-0.1, -0.05) is 44.7 Å². The Labute approximate surface area is 152 Å². The minimum atomic E-state index is -0.692. The minimum absolute atomic E-state index is 0. The summed E-state index contributed by atoms with van der Waals surface area (Å²) in [7, 11) is 0. The van der Waals surface area contributed by atoms with E-state index in [2.05, 4.69) is 6.92 Å². The highest BCUT2D eigenvalue weighted by molar-refractivity contribution is 5.85. The highest BCUT2D eigenvalue weighted by atomic mass is 35.5. The third-order valence-corrected chi connectivity index (χ3v) is 4.28. The average molecular weight is 360 g/mol. The van der Waals surface area contributed by atoms with E-state index in [1.807, 2.05) is 24.3 Å². The second-order valence-corrected chi connectivity index (χ2v) is 6.40. The number of aryl methyl sites for hydroxylation is 1. The molecular weight excluding hydrogens is 326 g/mol. The molecule has 4 N–H and O–H groups in total. The number of ether oxygens (including phenoxy) is 1. The Morgan fingerprint density at radius 3 is 2.25 bits per heavy atom. The maximum Gasteiger partial charge on any atom is 0.119 e. The summed E-state index contributed by atoms with van der Waals surface area (Å²) in [6, 6.07) is 8.07. The summed E-state index contributed by atoms with van der Waals surface area (Å²) in [6.07, 6.45) is 8.06. The van der Waals surface area contributed by atoms with Gasteiger partial charge in [0.2, 0.25) is 0 Å². The van der Waals surface area contributed by atoms with Crippen molar-refractivity contribution in [3.05, 3.63) is 29.8 Å². The highest BCUT2D eigenvalue weighted by Gasteiger charge is 2.22. The molecular formula is C19H34ClNO3. The summed E-state index contributed by atoms with van der Waals surface area (Å²) in [5, 5.41) is 18.4. The van der Waals surface area contributed by atoms with Gasteiger partial charge in [0.05, 0.1) is 13.2 Å². The fraction of sp³-hybridized carbons (Fsp3) is 0.684. The first-order chi connectivity index (χ1) is 11.1. The van der Waals surface area contributed by atoms with Crippen LogP contribution in [0, 0.1) is 0 Å². The molecule has 0 saturated heterocycles. The molecule has 0 aromatic heterocycles. The van der Waals surface area contributed by atoms with Crippen LogP contribution >= 0.6 is 12.4 Å². The lowest BCUT2D eigenvalue weighted by Gasteiger charge is -2.26. The fourth-order valence-corrected chi connectivity index (χ4v) is 2.55. The van der Waals surface area contributed by atoms with Crippen molar-refractivity contribution < 1.29 is 14.9 Å². The Hall–Kier alpha value is -0.810. The van der Waals surface area contributed by atoms with Crippen LogP contribution in [0.5, 0.6) is 5.75 Å². The van der Waals surface area contributed by atoms with Gasteiger partial charge in [0.1, 0.15) is 5.75 Å². The largest absolute Gasteiger partial charge is 0.494 e. The van der Waals surface area contributed by atoms with Gasteiger partial charge in [-0.2, -0.15) is 0 Å². The summed E-state index contributed by atoms with van der Waals surface area (Å²) in [5.74, 6) is 0.903. The first-order valence-corrected chi connectivity index (χ1v) is 8.86. The molecule has 5 heteroatoms. The van der Waals surface area contributed by atoms with Crippen molar-refractivity contribution in [2.75, 3.05) is 19.8 Å². The fourth-order valence-electron chi connectivity index (χ4n) is 2.55. The standard InChI is InChI=1S/C19H33NO3.ClH/c1-2-3-4-5-6-15-23-18-9-7-17(8-10-18)11-12-19(20,16-22)13-14-21;/h7-10,21-22H,2-6,11-16,20H2,1H3;1H/t19-;/m1./s1. The Morgan fingerprint density at radius 2 is 1.67 bits per heavy atom. The van der Waals surface area contributed by atoms with Crippen LogP contribution in [-0.2, 0) is 6.42 Å². The molecule has 1 aromatic rings. The van der Waals surface area contributed by atoms with Gasteiger partial charge in [0.25, 0.3) is 0 Å². The van der Waals surface area contributed by atoms with Crippen LogP contribution in [-0.4, -0.2) is 35.6 Å². The zero-order valence-corrected chi connectivity index (χ0v) is 15.7. The van der Waals surface area contributed by atoms with E-state index in [4.69, 9.17) is 15.6 Å². The number of halogens is 1.